The number of ether oxygens (including phenoxy) is 2. The summed E-state index contributed by atoms with van der Waals surface area (Å²) in [6.45, 7) is 3.09. The molecule has 0 aromatic carbocycles. The number of esters is 1. The molecule has 0 N–H and O–H groups in total. The van der Waals surface area contributed by atoms with E-state index in [1.165, 1.54) is 18.4 Å². The molecule has 1 aliphatic heterocycles. The summed E-state index contributed by atoms with van der Waals surface area (Å²) in [6, 6.07) is 0. The van der Waals surface area contributed by atoms with Gasteiger partial charge in [-0.05, 0) is 0 Å². The molecule has 2 rings (SSSR count). The first-order valence-electron chi connectivity index (χ1n) is 4.68. The molecule has 82 valence electrons. The van der Waals surface area contributed by atoms with Gasteiger partial charge in [0.15, 0.2) is 10.8 Å². The fraction of sp³-hybridized carbons (Fsp3) is 0.556. The molecule has 0 amide bonds. The Kier molecular flexibility index (Phi) is 3.17. The van der Waals surface area contributed by atoms with Crippen LogP contribution in [0.25, 0.3) is 0 Å². The number of morpholine rings is 1. The number of nitrogens with zero attached hydrogens (tertiary/aromatic N) is 2. The molecule has 5 nitrogen and oxygen atoms in total. The molecule has 1 fully saturated rings. The van der Waals surface area contributed by atoms with E-state index in [0.717, 1.165) is 18.2 Å². The zero-order chi connectivity index (χ0) is 10.7. The smallest absolute Gasteiger partial charge is 0.357 e. The number of hydrogen-bond acceptors (Lipinski definition) is 6. The van der Waals surface area contributed by atoms with Gasteiger partial charge in [-0.2, -0.15) is 0 Å². The van der Waals surface area contributed by atoms with E-state index in [4.69, 9.17) is 4.74 Å². The third-order valence-electron chi connectivity index (χ3n) is 2.17. The number of anilines is 1. The van der Waals surface area contributed by atoms with Gasteiger partial charge >= 0.3 is 5.97 Å². The van der Waals surface area contributed by atoms with Crippen molar-refractivity contribution >= 4 is 22.4 Å². The van der Waals surface area contributed by atoms with Crippen LogP contribution in [-0.4, -0.2) is 44.4 Å². The van der Waals surface area contributed by atoms with Crippen LogP contribution in [0.1, 0.15) is 10.5 Å². The summed E-state index contributed by atoms with van der Waals surface area (Å²) < 4.78 is 9.84. The number of rotatable bonds is 2. The van der Waals surface area contributed by atoms with E-state index >= 15 is 0 Å². The monoisotopic (exact) mass is 228 g/mol. The van der Waals surface area contributed by atoms with Crippen LogP contribution in [0.2, 0.25) is 0 Å². The predicted molar refractivity (Wildman–Crippen MR) is 56.5 cm³/mol. The summed E-state index contributed by atoms with van der Waals surface area (Å²) in [4.78, 5) is 17.5. The van der Waals surface area contributed by atoms with Gasteiger partial charge in [0.2, 0.25) is 0 Å². The first-order valence-corrected chi connectivity index (χ1v) is 5.56. The predicted octanol–water partition coefficient (Wildman–Crippen LogP) is 0.766. The second-order valence-corrected chi connectivity index (χ2v) is 3.94. The molecule has 0 spiro atoms. The maximum Gasteiger partial charge on any atom is 0.357 e. The molecule has 1 aromatic heterocycles. The van der Waals surface area contributed by atoms with Gasteiger partial charge in [0.25, 0.3) is 0 Å². The van der Waals surface area contributed by atoms with Crippen molar-refractivity contribution in [1.82, 2.24) is 4.98 Å². The van der Waals surface area contributed by atoms with E-state index in [-0.39, 0.29) is 5.97 Å². The van der Waals surface area contributed by atoms with Gasteiger partial charge in [0, 0.05) is 18.5 Å². The van der Waals surface area contributed by atoms with E-state index in [1.807, 2.05) is 0 Å². The van der Waals surface area contributed by atoms with E-state index in [1.54, 1.807) is 5.38 Å². The molecule has 0 atom stereocenters. The van der Waals surface area contributed by atoms with Gasteiger partial charge in [0.1, 0.15) is 0 Å². The Labute approximate surface area is 91.6 Å². The van der Waals surface area contributed by atoms with Crippen LogP contribution in [-0.2, 0) is 9.47 Å². The van der Waals surface area contributed by atoms with Crippen molar-refractivity contribution in [3.8, 4) is 0 Å². The highest BCUT2D eigenvalue weighted by Gasteiger charge is 2.17. The lowest BCUT2D eigenvalue weighted by Crippen LogP contribution is -2.36. The Morgan fingerprint density at radius 1 is 1.60 bits per heavy atom. The highest BCUT2D eigenvalue weighted by molar-refractivity contribution is 7.13. The van der Waals surface area contributed by atoms with Crippen molar-refractivity contribution in [2.45, 2.75) is 0 Å². The van der Waals surface area contributed by atoms with E-state index < -0.39 is 0 Å². The van der Waals surface area contributed by atoms with E-state index in [9.17, 15) is 4.79 Å². The standard InChI is InChI=1S/C9H12N2O3S/c1-13-8(12)7-6-15-9(10-7)11-2-4-14-5-3-11/h6H,2-5H2,1H3. The largest absolute Gasteiger partial charge is 0.464 e. The van der Waals surface area contributed by atoms with Crippen LogP contribution in [0.4, 0.5) is 5.13 Å². The molecule has 1 aliphatic rings. The molecule has 0 bridgehead atoms. The molecule has 15 heavy (non-hydrogen) atoms. The minimum atomic E-state index is -0.384. The highest BCUT2D eigenvalue weighted by Crippen LogP contribution is 2.21. The Morgan fingerprint density at radius 2 is 2.33 bits per heavy atom. The maximum atomic E-state index is 11.2. The van der Waals surface area contributed by atoms with Crippen LogP contribution >= 0.6 is 11.3 Å². The van der Waals surface area contributed by atoms with Crippen molar-refractivity contribution < 1.29 is 14.3 Å². The third kappa shape index (κ3) is 2.27. The van der Waals surface area contributed by atoms with Crippen molar-refractivity contribution in [3.05, 3.63) is 11.1 Å². The number of carbonyl (C=O) groups is 1. The molecule has 0 aliphatic carbocycles. The van der Waals surface area contributed by atoms with Gasteiger partial charge in [-0.1, -0.05) is 0 Å². The fourth-order valence-electron chi connectivity index (χ4n) is 1.36. The number of methoxy groups -OCH3 is 1. The first kappa shape index (κ1) is 10.4. The second-order valence-electron chi connectivity index (χ2n) is 3.11. The van der Waals surface area contributed by atoms with Crippen molar-refractivity contribution in [1.29, 1.82) is 0 Å². The summed E-state index contributed by atoms with van der Waals surface area (Å²) in [5.41, 5.74) is 0.379. The molecular formula is C9H12N2O3S. The Bertz CT molecular complexity index is 347. The van der Waals surface area contributed by atoms with Gasteiger partial charge in [-0.25, -0.2) is 9.78 Å². The number of carbonyl (C=O) groups excluding carboxylic acids is 1. The van der Waals surface area contributed by atoms with Crippen molar-refractivity contribution in [2.24, 2.45) is 0 Å². The zero-order valence-corrected chi connectivity index (χ0v) is 9.25. The van der Waals surface area contributed by atoms with Crippen molar-refractivity contribution in [2.75, 3.05) is 38.3 Å². The normalized spacial score (nSPS) is 16.5. The molecule has 0 saturated carbocycles. The summed E-state index contributed by atoms with van der Waals surface area (Å²) in [6.07, 6.45) is 0. The summed E-state index contributed by atoms with van der Waals surface area (Å²) in [5, 5.41) is 2.58. The topological polar surface area (TPSA) is 51.7 Å². The molecule has 2 heterocycles. The molecule has 1 aromatic rings. The average Bonchev–Trinajstić information content (AvgIpc) is 2.78. The quantitative estimate of drug-likeness (QED) is 0.700. The van der Waals surface area contributed by atoms with Crippen molar-refractivity contribution in [3.63, 3.8) is 0 Å². The SMILES string of the molecule is COC(=O)c1csc(N2CCOCC2)n1. The van der Waals surface area contributed by atoms with E-state index in [2.05, 4.69) is 14.6 Å². The van der Waals surface area contributed by atoms with Crippen LogP contribution in [0.3, 0.4) is 0 Å². The fourth-order valence-corrected chi connectivity index (χ4v) is 2.21. The Balaban J connectivity index is 2.08. The highest BCUT2D eigenvalue weighted by atomic mass is 32.1. The maximum absolute atomic E-state index is 11.2. The summed E-state index contributed by atoms with van der Waals surface area (Å²) >= 11 is 1.46. The number of thiazole rings is 1. The minimum absolute atomic E-state index is 0.379. The third-order valence-corrected chi connectivity index (χ3v) is 3.07. The molecule has 1 saturated heterocycles. The molecular weight excluding hydrogens is 216 g/mol. The van der Waals surface area contributed by atoms with Crippen LogP contribution < -0.4 is 4.90 Å². The second kappa shape index (κ2) is 4.59. The minimum Gasteiger partial charge on any atom is -0.464 e. The van der Waals surface area contributed by atoms with Crippen LogP contribution in [0, 0.1) is 0 Å². The zero-order valence-electron chi connectivity index (χ0n) is 8.43. The first-order chi connectivity index (χ1) is 7.31. The Hall–Kier alpha value is -1.14. The molecule has 6 heteroatoms. The van der Waals surface area contributed by atoms with Crippen LogP contribution in [0.5, 0.6) is 0 Å². The molecule has 0 unspecified atom stereocenters. The lowest BCUT2D eigenvalue weighted by Gasteiger charge is -2.25. The van der Waals surface area contributed by atoms with E-state index in [0.29, 0.717) is 18.9 Å². The average molecular weight is 228 g/mol. The number of aromatic nitrogens is 1. The van der Waals surface area contributed by atoms with Crippen LogP contribution in [0.15, 0.2) is 5.38 Å². The van der Waals surface area contributed by atoms with Gasteiger partial charge < -0.3 is 14.4 Å². The lowest BCUT2D eigenvalue weighted by molar-refractivity contribution is 0.0595. The molecule has 0 radical (unpaired) electrons. The van der Waals surface area contributed by atoms with Gasteiger partial charge in [0.05, 0.1) is 20.3 Å². The summed E-state index contributed by atoms with van der Waals surface area (Å²) in [7, 11) is 1.36. The van der Waals surface area contributed by atoms with Gasteiger partial charge in [-0.15, -0.1) is 11.3 Å². The Morgan fingerprint density at radius 3 is 3.00 bits per heavy atom. The lowest BCUT2D eigenvalue weighted by atomic mass is 10.4. The summed E-state index contributed by atoms with van der Waals surface area (Å²) in [5.74, 6) is -0.384. The van der Waals surface area contributed by atoms with Gasteiger partial charge in [-0.3, -0.25) is 0 Å². The number of hydrogen-bond donors (Lipinski definition) is 0.